The molecule has 2 rings (SSSR count). The smallest absolute Gasteiger partial charge is 0.254 e. The molecule has 0 bridgehead atoms. The number of benzene rings is 1. The van der Waals surface area contributed by atoms with Crippen molar-refractivity contribution in [3.8, 4) is 11.5 Å². The van der Waals surface area contributed by atoms with Gasteiger partial charge in [0.15, 0.2) is 0 Å². The number of hydrazone groups is 1. The maximum Gasteiger partial charge on any atom is 0.254 e. The Labute approximate surface area is 143 Å². The summed E-state index contributed by atoms with van der Waals surface area (Å²) in [6, 6.07) is 3.76. The van der Waals surface area contributed by atoms with Crippen LogP contribution >= 0.6 is 0 Å². The molecule has 24 heavy (non-hydrogen) atoms. The van der Waals surface area contributed by atoms with Crippen LogP contribution in [0.25, 0.3) is 0 Å². The van der Waals surface area contributed by atoms with Gasteiger partial charge in [0.25, 0.3) is 5.91 Å². The molecule has 1 aliphatic heterocycles. The fraction of sp³-hybridized carbons (Fsp3) is 0.556. The van der Waals surface area contributed by atoms with Crippen LogP contribution in [-0.4, -0.2) is 50.9 Å². The van der Waals surface area contributed by atoms with Crippen LogP contribution in [0.5, 0.6) is 11.5 Å². The van der Waals surface area contributed by atoms with Crippen LogP contribution in [0.15, 0.2) is 17.2 Å². The van der Waals surface area contributed by atoms with Gasteiger partial charge in [-0.3, -0.25) is 9.69 Å². The molecule has 0 radical (unpaired) electrons. The van der Waals surface area contributed by atoms with E-state index in [1.165, 1.54) is 19.3 Å². The third kappa shape index (κ3) is 4.71. The average Bonchev–Trinajstić information content (AvgIpc) is 2.61. The van der Waals surface area contributed by atoms with Crippen molar-refractivity contribution in [2.24, 2.45) is 5.10 Å². The second kappa shape index (κ2) is 9.27. The van der Waals surface area contributed by atoms with E-state index < -0.39 is 0 Å². The molecule has 1 heterocycles. The highest BCUT2D eigenvalue weighted by Crippen LogP contribution is 2.31. The van der Waals surface area contributed by atoms with Crippen LogP contribution in [0.2, 0.25) is 0 Å². The van der Waals surface area contributed by atoms with Crippen LogP contribution in [0.1, 0.15) is 37.3 Å². The first kappa shape index (κ1) is 18.3. The number of nitrogens with zero attached hydrogens (tertiary/aromatic N) is 2. The largest absolute Gasteiger partial charge is 0.496 e. The zero-order valence-electron chi connectivity index (χ0n) is 14.8. The average molecular weight is 333 g/mol. The van der Waals surface area contributed by atoms with Crippen molar-refractivity contribution in [3.05, 3.63) is 23.3 Å². The molecular formula is C18H27N3O3. The normalized spacial score (nSPS) is 15.5. The molecule has 6 nitrogen and oxygen atoms in total. The number of nitrogens with one attached hydrogen (secondary N) is 1. The van der Waals surface area contributed by atoms with Gasteiger partial charge in [-0.2, -0.15) is 5.10 Å². The van der Waals surface area contributed by atoms with Crippen molar-refractivity contribution in [3.63, 3.8) is 0 Å². The van der Waals surface area contributed by atoms with Gasteiger partial charge in [-0.15, -0.1) is 0 Å². The maximum absolute atomic E-state index is 12.0. The first-order valence-corrected chi connectivity index (χ1v) is 8.47. The lowest BCUT2D eigenvalue weighted by Crippen LogP contribution is -2.38. The fourth-order valence-electron chi connectivity index (χ4n) is 3.03. The summed E-state index contributed by atoms with van der Waals surface area (Å²) in [6.45, 7) is 4.42. The van der Waals surface area contributed by atoms with E-state index in [-0.39, 0.29) is 5.91 Å². The van der Waals surface area contributed by atoms with Crippen molar-refractivity contribution in [2.45, 2.75) is 32.6 Å². The predicted molar refractivity (Wildman–Crippen MR) is 95.0 cm³/mol. The number of hydrogen-bond acceptors (Lipinski definition) is 5. The van der Waals surface area contributed by atoms with E-state index in [1.807, 2.05) is 19.1 Å². The second-order valence-electron chi connectivity index (χ2n) is 5.85. The Morgan fingerprint density at radius 2 is 2.00 bits per heavy atom. The SMILES string of the molecule is CCc1c(OC)ccc(/C=N\NC(=O)CN2CCCCC2)c1OC. The van der Waals surface area contributed by atoms with Crippen molar-refractivity contribution in [2.75, 3.05) is 33.9 Å². The summed E-state index contributed by atoms with van der Waals surface area (Å²) in [7, 11) is 3.27. The van der Waals surface area contributed by atoms with Gasteiger partial charge in [0.2, 0.25) is 0 Å². The van der Waals surface area contributed by atoms with Gasteiger partial charge in [-0.1, -0.05) is 13.3 Å². The zero-order chi connectivity index (χ0) is 17.4. The molecule has 1 amide bonds. The van der Waals surface area contributed by atoms with Gasteiger partial charge >= 0.3 is 0 Å². The van der Waals surface area contributed by atoms with E-state index in [9.17, 15) is 4.79 Å². The minimum Gasteiger partial charge on any atom is -0.496 e. The predicted octanol–water partition coefficient (Wildman–Crippen LogP) is 2.20. The van der Waals surface area contributed by atoms with Crippen LogP contribution < -0.4 is 14.9 Å². The van der Waals surface area contributed by atoms with Crippen LogP contribution in [0.4, 0.5) is 0 Å². The molecule has 0 atom stereocenters. The second-order valence-corrected chi connectivity index (χ2v) is 5.85. The lowest BCUT2D eigenvalue weighted by Gasteiger charge is -2.25. The van der Waals surface area contributed by atoms with Gasteiger partial charge < -0.3 is 9.47 Å². The van der Waals surface area contributed by atoms with Crippen LogP contribution in [-0.2, 0) is 11.2 Å². The quantitative estimate of drug-likeness (QED) is 0.614. The summed E-state index contributed by atoms with van der Waals surface area (Å²) in [4.78, 5) is 14.1. The van der Waals surface area contributed by atoms with Crippen LogP contribution in [0.3, 0.4) is 0 Å². The van der Waals surface area contributed by atoms with Gasteiger partial charge in [-0.05, 0) is 44.5 Å². The summed E-state index contributed by atoms with van der Waals surface area (Å²) in [5.74, 6) is 1.43. The third-order valence-electron chi connectivity index (χ3n) is 4.23. The summed E-state index contributed by atoms with van der Waals surface area (Å²) in [5.41, 5.74) is 4.40. The topological polar surface area (TPSA) is 63.2 Å². The molecule has 1 N–H and O–H groups in total. The van der Waals surface area contributed by atoms with Crippen molar-refractivity contribution < 1.29 is 14.3 Å². The van der Waals surface area contributed by atoms with Crippen molar-refractivity contribution in [1.29, 1.82) is 0 Å². The minimum absolute atomic E-state index is 0.0867. The first-order valence-electron chi connectivity index (χ1n) is 8.47. The fourth-order valence-corrected chi connectivity index (χ4v) is 3.03. The molecular weight excluding hydrogens is 306 g/mol. The van der Waals surface area contributed by atoms with E-state index in [0.29, 0.717) is 6.54 Å². The lowest BCUT2D eigenvalue weighted by molar-refractivity contribution is -0.122. The number of ether oxygens (including phenoxy) is 2. The number of carbonyl (C=O) groups is 1. The first-order chi connectivity index (χ1) is 11.7. The van der Waals surface area contributed by atoms with Gasteiger partial charge in [0, 0.05) is 11.1 Å². The third-order valence-corrected chi connectivity index (χ3v) is 4.23. The Hall–Kier alpha value is -2.08. The summed E-state index contributed by atoms with van der Waals surface area (Å²) >= 11 is 0. The lowest BCUT2D eigenvalue weighted by atomic mass is 10.1. The molecule has 0 aliphatic carbocycles. The standard InChI is InChI=1S/C18H27N3O3/c1-4-15-16(23-2)9-8-14(18(15)24-3)12-19-20-17(22)13-21-10-6-5-7-11-21/h8-9,12H,4-7,10-11,13H2,1-3H3,(H,20,22)/b19-12-. The number of methoxy groups -OCH3 is 2. The number of likely N-dealkylation sites (tertiary alicyclic amines) is 1. The Kier molecular flexibility index (Phi) is 7.06. The molecule has 1 saturated heterocycles. The zero-order valence-corrected chi connectivity index (χ0v) is 14.8. The van der Waals surface area contributed by atoms with Crippen molar-refractivity contribution in [1.82, 2.24) is 10.3 Å². The molecule has 0 aromatic heterocycles. The number of rotatable bonds is 7. The Balaban J connectivity index is 1.99. The van der Waals surface area contributed by atoms with Crippen molar-refractivity contribution >= 4 is 12.1 Å². The Morgan fingerprint density at radius 1 is 1.25 bits per heavy atom. The van der Waals surface area contributed by atoms with E-state index in [2.05, 4.69) is 15.4 Å². The van der Waals surface area contributed by atoms with Gasteiger partial charge in [0.05, 0.1) is 27.0 Å². The molecule has 1 aromatic rings. The molecule has 1 fully saturated rings. The van der Waals surface area contributed by atoms with E-state index in [4.69, 9.17) is 9.47 Å². The number of amides is 1. The number of piperidine rings is 1. The number of carbonyl (C=O) groups excluding carboxylic acids is 1. The molecule has 0 unspecified atom stereocenters. The Bertz CT molecular complexity index is 581. The van der Waals surface area contributed by atoms with Gasteiger partial charge in [-0.25, -0.2) is 5.43 Å². The highest BCUT2D eigenvalue weighted by Gasteiger charge is 2.14. The molecule has 0 spiro atoms. The van der Waals surface area contributed by atoms with E-state index in [0.717, 1.165) is 42.1 Å². The molecule has 0 saturated carbocycles. The van der Waals surface area contributed by atoms with E-state index in [1.54, 1.807) is 20.4 Å². The van der Waals surface area contributed by atoms with Gasteiger partial charge in [0.1, 0.15) is 11.5 Å². The van der Waals surface area contributed by atoms with E-state index >= 15 is 0 Å². The molecule has 1 aliphatic rings. The summed E-state index contributed by atoms with van der Waals surface area (Å²) in [6.07, 6.45) is 5.99. The highest BCUT2D eigenvalue weighted by atomic mass is 16.5. The summed E-state index contributed by atoms with van der Waals surface area (Å²) in [5, 5.41) is 4.07. The maximum atomic E-state index is 12.0. The Morgan fingerprint density at radius 3 is 2.62 bits per heavy atom. The minimum atomic E-state index is -0.0867. The molecule has 132 valence electrons. The van der Waals surface area contributed by atoms with Crippen LogP contribution in [0, 0.1) is 0 Å². The molecule has 1 aromatic carbocycles. The monoisotopic (exact) mass is 333 g/mol. The summed E-state index contributed by atoms with van der Waals surface area (Å²) < 4.78 is 10.9. The highest BCUT2D eigenvalue weighted by molar-refractivity contribution is 5.86. The number of hydrogen-bond donors (Lipinski definition) is 1. The molecule has 6 heteroatoms.